The fourth-order valence-electron chi connectivity index (χ4n) is 2.99. The number of hydrogen-bond donors (Lipinski definition) is 1. The summed E-state index contributed by atoms with van der Waals surface area (Å²) in [5.74, 6) is 2.33. The number of benzene rings is 1. The molecule has 1 N–H and O–H groups in total. The average Bonchev–Trinajstić information content (AvgIpc) is 2.60. The second-order valence-corrected chi connectivity index (χ2v) is 10.8. The first-order chi connectivity index (χ1) is 12.6. The first-order valence-corrected chi connectivity index (χ1v) is 11.2. The number of aliphatic imine (C=N–C) groups is 1. The van der Waals surface area contributed by atoms with Crippen molar-refractivity contribution in [2.75, 3.05) is 39.0 Å². The molecule has 2 rings (SSSR count). The first kappa shape index (κ1) is 25.0. The summed E-state index contributed by atoms with van der Waals surface area (Å²) in [5.41, 5.74) is 1.22. The molecule has 0 aromatic heterocycles. The van der Waals surface area contributed by atoms with Gasteiger partial charge in [-0.3, -0.25) is 4.99 Å². The second kappa shape index (κ2) is 10.7. The molecule has 28 heavy (non-hydrogen) atoms. The molecule has 6 nitrogen and oxygen atoms in total. The number of sulfone groups is 1. The molecule has 1 aromatic carbocycles. The molecule has 1 heterocycles. The molecule has 1 aliphatic rings. The van der Waals surface area contributed by atoms with Gasteiger partial charge in [-0.15, -0.1) is 24.0 Å². The van der Waals surface area contributed by atoms with Crippen LogP contribution in [-0.4, -0.2) is 63.1 Å². The van der Waals surface area contributed by atoms with Gasteiger partial charge in [0.2, 0.25) is 0 Å². The van der Waals surface area contributed by atoms with E-state index in [4.69, 9.17) is 4.74 Å². The molecule has 0 atom stereocenters. The molecule has 0 radical (unpaired) electrons. The highest BCUT2D eigenvalue weighted by atomic mass is 127. The summed E-state index contributed by atoms with van der Waals surface area (Å²) >= 11 is 0. The predicted octanol–water partition coefficient (Wildman–Crippen LogP) is 2.97. The number of ether oxygens (including phenoxy) is 1. The summed E-state index contributed by atoms with van der Waals surface area (Å²) in [7, 11) is -1.31. The van der Waals surface area contributed by atoms with Gasteiger partial charge in [-0.1, -0.05) is 26.0 Å². The number of nitrogens with zero attached hydrogens (tertiary/aromatic N) is 2. The zero-order valence-corrected chi connectivity index (χ0v) is 20.7. The van der Waals surface area contributed by atoms with E-state index in [0.717, 1.165) is 31.3 Å². The molecule has 1 fully saturated rings. The Morgan fingerprint density at radius 3 is 2.46 bits per heavy atom. The van der Waals surface area contributed by atoms with Crippen LogP contribution in [0.2, 0.25) is 0 Å². The summed E-state index contributed by atoms with van der Waals surface area (Å²) in [4.78, 5) is 6.36. The lowest BCUT2D eigenvalue weighted by molar-refractivity contribution is 0.271. The van der Waals surface area contributed by atoms with Crippen molar-refractivity contribution < 1.29 is 13.2 Å². The van der Waals surface area contributed by atoms with Crippen LogP contribution in [0.1, 0.15) is 33.3 Å². The maximum absolute atomic E-state index is 12.2. The minimum Gasteiger partial charge on any atom is -0.493 e. The molecule has 160 valence electrons. The summed E-state index contributed by atoms with van der Waals surface area (Å²) in [6.07, 6.45) is 0.860. The molecule has 0 spiro atoms. The molecule has 0 amide bonds. The minimum atomic E-state index is -3.05. The lowest BCUT2D eigenvalue weighted by Crippen LogP contribution is -2.57. The van der Waals surface area contributed by atoms with Crippen molar-refractivity contribution in [3.8, 4) is 5.75 Å². The van der Waals surface area contributed by atoms with E-state index in [1.165, 1.54) is 5.56 Å². The maximum atomic E-state index is 12.2. The van der Waals surface area contributed by atoms with Gasteiger partial charge < -0.3 is 15.0 Å². The second-order valence-electron chi connectivity index (χ2n) is 8.07. The van der Waals surface area contributed by atoms with Gasteiger partial charge >= 0.3 is 0 Å². The zero-order chi connectivity index (χ0) is 20.1. The normalized spacial score (nSPS) is 18.5. The summed E-state index contributed by atoms with van der Waals surface area (Å²) in [6, 6.07) is 8.17. The van der Waals surface area contributed by atoms with Gasteiger partial charge in [0.15, 0.2) is 15.8 Å². The van der Waals surface area contributed by atoms with Crippen LogP contribution in [-0.2, 0) is 16.3 Å². The van der Waals surface area contributed by atoms with Gasteiger partial charge in [-0.25, -0.2) is 8.42 Å². The van der Waals surface area contributed by atoms with Crippen LogP contribution in [0.15, 0.2) is 29.3 Å². The predicted molar refractivity (Wildman–Crippen MR) is 127 cm³/mol. The Kier molecular flexibility index (Phi) is 9.52. The van der Waals surface area contributed by atoms with Gasteiger partial charge in [-0.05, 0) is 43.9 Å². The molecule has 8 heteroatoms. The van der Waals surface area contributed by atoms with Crippen LogP contribution in [0.25, 0.3) is 0 Å². The van der Waals surface area contributed by atoms with Gasteiger partial charge in [0, 0.05) is 26.7 Å². The Balaban J connectivity index is 0.00000392. The smallest absolute Gasteiger partial charge is 0.193 e. The van der Waals surface area contributed by atoms with Gasteiger partial charge in [0.1, 0.15) is 5.75 Å². The molecular formula is C20H34IN3O3S. The molecule has 1 saturated heterocycles. The van der Waals surface area contributed by atoms with E-state index in [-0.39, 0.29) is 29.7 Å². The molecule has 0 bridgehead atoms. The molecule has 0 aliphatic carbocycles. The SMILES string of the molecule is CN=C(NCCc1ccc(OCC(C)C)cc1)N1CCS(=O)(=O)C(C)(C)C1.I. The average molecular weight is 523 g/mol. The van der Waals surface area contributed by atoms with E-state index in [2.05, 4.69) is 36.3 Å². The van der Waals surface area contributed by atoms with E-state index < -0.39 is 14.6 Å². The zero-order valence-electron chi connectivity index (χ0n) is 17.6. The van der Waals surface area contributed by atoms with Crippen LogP contribution < -0.4 is 10.1 Å². The summed E-state index contributed by atoms with van der Waals surface area (Å²) < 4.78 is 29.3. The Bertz CT molecular complexity index is 746. The van der Waals surface area contributed by atoms with Gasteiger partial charge in [0.25, 0.3) is 0 Å². The number of nitrogens with one attached hydrogen (secondary N) is 1. The quantitative estimate of drug-likeness (QED) is 0.353. The van der Waals surface area contributed by atoms with E-state index >= 15 is 0 Å². The Morgan fingerprint density at radius 1 is 1.29 bits per heavy atom. The van der Waals surface area contributed by atoms with Gasteiger partial charge in [0.05, 0.1) is 17.1 Å². The third kappa shape index (κ3) is 6.79. The number of halogens is 1. The Labute approximate surface area is 187 Å². The topological polar surface area (TPSA) is 71.0 Å². The van der Waals surface area contributed by atoms with E-state index in [1.54, 1.807) is 20.9 Å². The lowest BCUT2D eigenvalue weighted by Gasteiger charge is -2.39. The van der Waals surface area contributed by atoms with Crippen LogP contribution in [0.3, 0.4) is 0 Å². The van der Waals surface area contributed by atoms with Crippen molar-refractivity contribution in [1.82, 2.24) is 10.2 Å². The highest BCUT2D eigenvalue weighted by Crippen LogP contribution is 2.23. The van der Waals surface area contributed by atoms with Crippen LogP contribution in [0, 0.1) is 5.92 Å². The molecule has 0 unspecified atom stereocenters. The van der Waals surface area contributed by atoms with Crippen molar-refractivity contribution in [2.24, 2.45) is 10.9 Å². The van der Waals surface area contributed by atoms with Crippen LogP contribution in [0.4, 0.5) is 0 Å². The van der Waals surface area contributed by atoms with Crippen LogP contribution in [0.5, 0.6) is 5.75 Å². The van der Waals surface area contributed by atoms with E-state index in [9.17, 15) is 8.42 Å². The third-order valence-corrected chi connectivity index (χ3v) is 7.29. The number of rotatable bonds is 6. The first-order valence-electron chi connectivity index (χ1n) is 9.54. The van der Waals surface area contributed by atoms with Crippen molar-refractivity contribution in [2.45, 2.75) is 38.9 Å². The molecule has 1 aliphatic heterocycles. The number of hydrogen-bond acceptors (Lipinski definition) is 4. The third-order valence-electron chi connectivity index (χ3n) is 4.76. The van der Waals surface area contributed by atoms with E-state index in [1.807, 2.05) is 17.0 Å². The largest absolute Gasteiger partial charge is 0.493 e. The lowest BCUT2D eigenvalue weighted by atomic mass is 10.1. The molecule has 1 aromatic rings. The van der Waals surface area contributed by atoms with Gasteiger partial charge in [-0.2, -0.15) is 0 Å². The van der Waals surface area contributed by atoms with Crippen molar-refractivity contribution >= 4 is 39.8 Å². The molecule has 0 saturated carbocycles. The van der Waals surface area contributed by atoms with Crippen molar-refractivity contribution in [3.05, 3.63) is 29.8 Å². The fraction of sp³-hybridized carbons (Fsp3) is 0.650. The Hall–Kier alpha value is -1.03. The summed E-state index contributed by atoms with van der Waals surface area (Å²) in [6.45, 7) is 10.2. The maximum Gasteiger partial charge on any atom is 0.193 e. The van der Waals surface area contributed by atoms with Crippen LogP contribution >= 0.6 is 24.0 Å². The number of guanidine groups is 1. The van der Waals surface area contributed by atoms with Crippen molar-refractivity contribution in [1.29, 1.82) is 0 Å². The fourth-order valence-corrected chi connectivity index (χ4v) is 4.36. The van der Waals surface area contributed by atoms with E-state index in [0.29, 0.717) is 19.0 Å². The minimum absolute atomic E-state index is 0. The summed E-state index contributed by atoms with van der Waals surface area (Å²) in [5, 5.41) is 3.36. The molecular weight excluding hydrogens is 489 g/mol. The highest BCUT2D eigenvalue weighted by Gasteiger charge is 2.40. The van der Waals surface area contributed by atoms with Crippen molar-refractivity contribution in [3.63, 3.8) is 0 Å². The Morgan fingerprint density at radius 2 is 1.93 bits per heavy atom. The standard InChI is InChI=1S/C20H33N3O3S.HI/c1-16(2)14-26-18-8-6-17(7-9-18)10-11-22-19(21-5)23-12-13-27(24,25)20(3,4)15-23;/h6-9,16H,10-15H2,1-5H3,(H,21,22);1H. The highest BCUT2D eigenvalue weighted by molar-refractivity contribution is 14.0. The monoisotopic (exact) mass is 523 g/mol.